The first-order chi connectivity index (χ1) is 10.2. The highest BCUT2D eigenvalue weighted by molar-refractivity contribution is 5.75. The normalized spacial score (nSPS) is 21.6. The fourth-order valence-electron chi connectivity index (χ4n) is 3.09. The van der Waals surface area contributed by atoms with Gasteiger partial charge in [0.15, 0.2) is 0 Å². The van der Waals surface area contributed by atoms with E-state index in [1.165, 1.54) is 64.2 Å². The van der Waals surface area contributed by atoms with Crippen LogP contribution in [0.3, 0.4) is 0 Å². The average molecular weight is 296 g/mol. The van der Waals surface area contributed by atoms with Crippen LogP contribution in [0.2, 0.25) is 0 Å². The molecule has 1 heterocycles. The molecule has 21 heavy (non-hydrogen) atoms. The van der Waals surface area contributed by atoms with Gasteiger partial charge in [0.05, 0.1) is 0 Å². The van der Waals surface area contributed by atoms with Crippen LogP contribution >= 0.6 is 0 Å². The first kappa shape index (κ1) is 18.5. The molecule has 0 aromatic rings. The highest BCUT2D eigenvalue weighted by Crippen LogP contribution is 2.17. The molecule has 0 aliphatic carbocycles. The Bertz CT molecular complexity index is 272. The fourth-order valence-corrected chi connectivity index (χ4v) is 3.09. The minimum Gasteiger partial charge on any atom is -0.354 e. The summed E-state index contributed by atoms with van der Waals surface area (Å²) in [6.45, 7) is 6.33. The number of nitrogens with one attached hydrogen (secondary N) is 2. The summed E-state index contributed by atoms with van der Waals surface area (Å²) >= 11 is 0. The third-order valence-corrected chi connectivity index (χ3v) is 4.64. The molecule has 1 rings (SSSR count). The average Bonchev–Trinajstić information content (AvgIpc) is 2.91. The van der Waals surface area contributed by atoms with Crippen LogP contribution in [-0.4, -0.2) is 24.5 Å². The molecule has 0 aromatic heterocycles. The Balaban J connectivity index is 1.87. The van der Waals surface area contributed by atoms with Crippen molar-refractivity contribution >= 4 is 5.91 Å². The molecule has 1 atom stereocenters. The summed E-state index contributed by atoms with van der Waals surface area (Å²) in [6.07, 6.45) is 14.8. The van der Waals surface area contributed by atoms with Gasteiger partial charge in [-0.25, -0.2) is 0 Å². The number of hydrogen-bond acceptors (Lipinski definition) is 2. The Hall–Kier alpha value is -0.570. The second kappa shape index (κ2) is 11.1. The topological polar surface area (TPSA) is 41.1 Å². The molecule has 3 heteroatoms. The highest BCUT2D eigenvalue weighted by atomic mass is 16.1. The quantitative estimate of drug-likeness (QED) is 0.531. The smallest absolute Gasteiger partial charge is 0.220 e. The van der Waals surface area contributed by atoms with Gasteiger partial charge in [0.1, 0.15) is 0 Å². The predicted octanol–water partition coefficient (Wildman–Crippen LogP) is 4.17. The van der Waals surface area contributed by atoms with Crippen LogP contribution in [0.25, 0.3) is 0 Å². The number of unbranched alkanes of at least 4 members (excludes halogenated alkanes) is 8. The van der Waals surface area contributed by atoms with Crippen molar-refractivity contribution in [2.45, 2.75) is 96.4 Å². The van der Waals surface area contributed by atoms with Gasteiger partial charge in [-0.05, 0) is 32.7 Å². The van der Waals surface area contributed by atoms with E-state index in [-0.39, 0.29) is 11.4 Å². The summed E-state index contributed by atoms with van der Waals surface area (Å²) in [4.78, 5) is 11.8. The molecule has 3 nitrogen and oxygen atoms in total. The van der Waals surface area contributed by atoms with Crippen LogP contribution in [0.1, 0.15) is 90.9 Å². The zero-order valence-corrected chi connectivity index (χ0v) is 14.3. The number of hydrogen-bond donors (Lipinski definition) is 2. The van der Waals surface area contributed by atoms with Crippen LogP contribution in [0, 0.1) is 0 Å². The number of carbonyl (C=O) groups is 1. The molecular weight excluding hydrogens is 260 g/mol. The summed E-state index contributed by atoms with van der Waals surface area (Å²) in [6, 6.07) is 0. The fraction of sp³-hybridized carbons (Fsp3) is 0.944. The second-order valence-electron chi connectivity index (χ2n) is 6.95. The van der Waals surface area contributed by atoms with E-state index in [1.807, 2.05) is 0 Å². The van der Waals surface area contributed by atoms with Crippen LogP contribution in [0.5, 0.6) is 0 Å². The Labute approximate surface area is 131 Å². The first-order valence-electron chi connectivity index (χ1n) is 9.18. The largest absolute Gasteiger partial charge is 0.354 e. The third-order valence-electron chi connectivity index (χ3n) is 4.64. The predicted molar refractivity (Wildman–Crippen MR) is 90.5 cm³/mol. The SMILES string of the molecule is CCCCCCCCCCCC(=O)NCC1(C)CCCN1. The summed E-state index contributed by atoms with van der Waals surface area (Å²) in [5.74, 6) is 0.230. The maximum absolute atomic E-state index is 11.8. The number of amides is 1. The minimum atomic E-state index is 0.133. The Morgan fingerprint density at radius 2 is 1.67 bits per heavy atom. The van der Waals surface area contributed by atoms with Crippen molar-refractivity contribution in [2.24, 2.45) is 0 Å². The van der Waals surface area contributed by atoms with Crippen LogP contribution < -0.4 is 10.6 Å². The van der Waals surface area contributed by atoms with Crippen molar-refractivity contribution in [3.8, 4) is 0 Å². The monoisotopic (exact) mass is 296 g/mol. The van der Waals surface area contributed by atoms with E-state index in [1.54, 1.807) is 0 Å². The molecule has 2 N–H and O–H groups in total. The minimum absolute atomic E-state index is 0.133. The van der Waals surface area contributed by atoms with Gasteiger partial charge >= 0.3 is 0 Å². The lowest BCUT2D eigenvalue weighted by molar-refractivity contribution is -0.121. The molecule has 1 amide bonds. The number of rotatable bonds is 12. The molecule has 0 aromatic carbocycles. The van der Waals surface area contributed by atoms with E-state index in [9.17, 15) is 4.79 Å². The van der Waals surface area contributed by atoms with Crippen molar-refractivity contribution in [1.82, 2.24) is 10.6 Å². The van der Waals surface area contributed by atoms with E-state index in [0.717, 1.165) is 19.5 Å². The molecule has 1 saturated heterocycles. The summed E-state index contributed by atoms with van der Waals surface area (Å²) in [5, 5.41) is 6.57. The van der Waals surface area contributed by atoms with E-state index < -0.39 is 0 Å². The number of carbonyl (C=O) groups excluding carboxylic acids is 1. The van der Waals surface area contributed by atoms with Crippen LogP contribution in [0.4, 0.5) is 0 Å². The van der Waals surface area contributed by atoms with Gasteiger partial charge in [-0.15, -0.1) is 0 Å². The third kappa shape index (κ3) is 9.13. The standard InChI is InChI=1S/C18H36N2O/c1-3-4-5-6-7-8-9-10-11-13-17(21)19-16-18(2)14-12-15-20-18/h20H,3-16H2,1-2H3,(H,19,21). The van der Waals surface area contributed by atoms with Gasteiger partial charge in [-0.2, -0.15) is 0 Å². The summed E-state index contributed by atoms with van der Waals surface area (Å²) in [7, 11) is 0. The molecule has 1 fully saturated rings. The first-order valence-corrected chi connectivity index (χ1v) is 9.18. The highest BCUT2D eigenvalue weighted by Gasteiger charge is 2.27. The van der Waals surface area contributed by atoms with Gasteiger partial charge in [-0.3, -0.25) is 4.79 Å². The lowest BCUT2D eigenvalue weighted by Crippen LogP contribution is -2.47. The van der Waals surface area contributed by atoms with Gasteiger partial charge in [0.2, 0.25) is 5.91 Å². The molecular formula is C18H36N2O. The Kier molecular flexibility index (Phi) is 9.73. The van der Waals surface area contributed by atoms with Crippen molar-refractivity contribution in [1.29, 1.82) is 0 Å². The van der Waals surface area contributed by atoms with Crippen LogP contribution in [-0.2, 0) is 4.79 Å². The van der Waals surface area contributed by atoms with Gasteiger partial charge in [0.25, 0.3) is 0 Å². The zero-order valence-electron chi connectivity index (χ0n) is 14.3. The van der Waals surface area contributed by atoms with Gasteiger partial charge < -0.3 is 10.6 Å². The maximum atomic E-state index is 11.8. The van der Waals surface area contributed by atoms with Crippen molar-refractivity contribution < 1.29 is 4.79 Å². The molecule has 1 aliphatic rings. The second-order valence-corrected chi connectivity index (χ2v) is 6.95. The van der Waals surface area contributed by atoms with Gasteiger partial charge in [-0.1, -0.05) is 58.3 Å². The van der Waals surface area contributed by atoms with Gasteiger partial charge in [0, 0.05) is 18.5 Å². The maximum Gasteiger partial charge on any atom is 0.220 e. The summed E-state index contributed by atoms with van der Waals surface area (Å²) < 4.78 is 0. The van der Waals surface area contributed by atoms with Crippen molar-refractivity contribution in [3.63, 3.8) is 0 Å². The molecule has 124 valence electrons. The molecule has 0 saturated carbocycles. The molecule has 0 bridgehead atoms. The van der Waals surface area contributed by atoms with E-state index in [0.29, 0.717) is 6.42 Å². The lowest BCUT2D eigenvalue weighted by atomic mass is 10.0. The Morgan fingerprint density at radius 1 is 1.05 bits per heavy atom. The van der Waals surface area contributed by atoms with Crippen molar-refractivity contribution in [3.05, 3.63) is 0 Å². The van der Waals surface area contributed by atoms with E-state index >= 15 is 0 Å². The van der Waals surface area contributed by atoms with E-state index in [4.69, 9.17) is 0 Å². The van der Waals surface area contributed by atoms with Crippen molar-refractivity contribution in [2.75, 3.05) is 13.1 Å². The molecule has 0 radical (unpaired) electrons. The summed E-state index contributed by atoms with van der Waals surface area (Å²) in [5.41, 5.74) is 0.133. The van der Waals surface area contributed by atoms with Crippen LogP contribution in [0.15, 0.2) is 0 Å². The molecule has 0 spiro atoms. The molecule has 1 unspecified atom stereocenters. The Morgan fingerprint density at radius 3 is 2.24 bits per heavy atom. The zero-order chi connectivity index (χ0) is 15.4. The molecule has 1 aliphatic heterocycles. The lowest BCUT2D eigenvalue weighted by Gasteiger charge is -2.24. The van der Waals surface area contributed by atoms with E-state index in [2.05, 4.69) is 24.5 Å².